The summed E-state index contributed by atoms with van der Waals surface area (Å²) in [6.45, 7) is 3.70. The van der Waals surface area contributed by atoms with Crippen molar-refractivity contribution in [2.75, 3.05) is 26.9 Å². The average molecular weight is 375 g/mol. The van der Waals surface area contributed by atoms with Gasteiger partial charge in [0.05, 0.1) is 12.2 Å². The molecule has 0 aromatic heterocycles. The molecule has 5 heteroatoms. The highest BCUT2D eigenvalue weighted by Crippen LogP contribution is 2.22. The van der Waals surface area contributed by atoms with Crippen LogP contribution in [-0.4, -0.2) is 38.4 Å². The van der Waals surface area contributed by atoms with E-state index in [1.165, 1.54) is 0 Å². The van der Waals surface area contributed by atoms with Crippen LogP contribution in [0, 0.1) is 10.5 Å². The molecule has 1 fully saturated rings. The zero-order valence-corrected chi connectivity index (χ0v) is 13.3. The number of amides is 1. The first-order valence-corrected chi connectivity index (χ1v) is 7.32. The van der Waals surface area contributed by atoms with E-state index in [0.717, 1.165) is 15.6 Å². The van der Waals surface area contributed by atoms with Crippen molar-refractivity contribution in [1.82, 2.24) is 5.32 Å². The van der Waals surface area contributed by atoms with E-state index in [0.29, 0.717) is 25.3 Å². The number of benzene rings is 1. The number of methoxy groups -OCH3 is 1. The predicted molar refractivity (Wildman–Crippen MR) is 81.4 cm³/mol. The number of hydrogen-bond acceptors (Lipinski definition) is 3. The van der Waals surface area contributed by atoms with E-state index in [1.807, 2.05) is 25.1 Å². The van der Waals surface area contributed by atoms with E-state index >= 15 is 0 Å². The molecule has 19 heavy (non-hydrogen) atoms. The average Bonchev–Trinajstić information content (AvgIpc) is 2.89. The highest BCUT2D eigenvalue weighted by Gasteiger charge is 2.35. The van der Waals surface area contributed by atoms with Gasteiger partial charge in [0.1, 0.15) is 5.60 Å². The molecule has 1 amide bonds. The quantitative estimate of drug-likeness (QED) is 0.821. The van der Waals surface area contributed by atoms with Crippen LogP contribution in [-0.2, 0) is 9.47 Å². The first-order valence-electron chi connectivity index (χ1n) is 6.24. The van der Waals surface area contributed by atoms with Crippen molar-refractivity contribution < 1.29 is 14.3 Å². The number of halogens is 1. The van der Waals surface area contributed by atoms with Crippen LogP contribution >= 0.6 is 22.6 Å². The molecule has 0 radical (unpaired) electrons. The Hall–Kier alpha value is -0.660. The van der Waals surface area contributed by atoms with Crippen LogP contribution in [0.2, 0.25) is 0 Å². The number of ether oxygens (including phenoxy) is 2. The van der Waals surface area contributed by atoms with Gasteiger partial charge in [-0.15, -0.1) is 0 Å². The van der Waals surface area contributed by atoms with Gasteiger partial charge in [-0.05, 0) is 41.1 Å². The second-order valence-corrected chi connectivity index (χ2v) is 5.89. The Morgan fingerprint density at radius 1 is 1.58 bits per heavy atom. The summed E-state index contributed by atoms with van der Waals surface area (Å²) in [6, 6.07) is 5.74. The number of hydrogen-bond donors (Lipinski definition) is 1. The lowest BCUT2D eigenvalue weighted by Gasteiger charge is -2.26. The molecule has 0 spiro atoms. The van der Waals surface area contributed by atoms with Crippen LogP contribution in [0.4, 0.5) is 0 Å². The molecule has 1 aliphatic heterocycles. The molecule has 1 aromatic rings. The summed E-state index contributed by atoms with van der Waals surface area (Å²) < 4.78 is 11.8. The van der Waals surface area contributed by atoms with Crippen LogP contribution in [0.3, 0.4) is 0 Å². The Labute approximate surface area is 127 Å². The van der Waals surface area contributed by atoms with Gasteiger partial charge in [0.15, 0.2) is 0 Å². The summed E-state index contributed by atoms with van der Waals surface area (Å²) in [6.07, 6.45) is 0.814. The van der Waals surface area contributed by atoms with E-state index in [4.69, 9.17) is 9.47 Å². The number of carbonyl (C=O) groups is 1. The van der Waals surface area contributed by atoms with E-state index in [1.54, 1.807) is 7.11 Å². The summed E-state index contributed by atoms with van der Waals surface area (Å²) in [5.74, 6) is -0.0589. The SMILES string of the molecule is COC1(CNC(=O)c2cccc(C)c2I)CCOC1. The van der Waals surface area contributed by atoms with Crippen molar-refractivity contribution >= 4 is 28.5 Å². The van der Waals surface area contributed by atoms with E-state index in [-0.39, 0.29) is 11.5 Å². The third-order valence-corrected chi connectivity index (χ3v) is 4.94. The van der Waals surface area contributed by atoms with Crippen molar-refractivity contribution in [3.05, 3.63) is 32.9 Å². The summed E-state index contributed by atoms with van der Waals surface area (Å²) in [5.41, 5.74) is 1.45. The third-order valence-electron chi connectivity index (χ3n) is 3.51. The van der Waals surface area contributed by atoms with Gasteiger partial charge in [-0.1, -0.05) is 12.1 Å². The van der Waals surface area contributed by atoms with E-state index in [9.17, 15) is 4.79 Å². The molecule has 2 rings (SSSR count). The molecule has 0 aliphatic carbocycles. The van der Waals surface area contributed by atoms with Gasteiger partial charge >= 0.3 is 0 Å². The van der Waals surface area contributed by atoms with Gasteiger partial charge in [0.2, 0.25) is 0 Å². The fourth-order valence-corrected chi connectivity index (χ4v) is 2.72. The summed E-state index contributed by atoms with van der Waals surface area (Å²) >= 11 is 2.20. The Kier molecular flexibility index (Phi) is 4.81. The van der Waals surface area contributed by atoms with Crippen LogP contribution in [0.25, 0.3) is 0 Å². The minimum Gasteiger partial charge on any atom is -0.378 e. The minimum atomic E-state index is -0.370. The second kappa shape index (κ2) is 6.19. The lowest BCUT2D eigenvalue weighted by molar-refractivity contribution is -0.0148. The Balaban J connectivity index is 2.03. The minimum absolute atomic E-state index is 0.0589. The summed E-state index contributed by atoms with van der Waals surface area (Å²) in [4.78, 5) is 12.2. The lowest BCUT2D eigenvalue weighted by atomic mass is 10.0. The molecule has 4 nitrogen and oxygen atoms in total. The predicted octanol–water partition coefficient (Wildman–Crippen LogP) is 2.13. The fourth-order valence-electron chi connectivity index (χ4n) is 2.12. The molecule has 1 aliphatic rings. The van der Waals surface area contributed by atoms with Crippen molar-refractivity contribution in [2.24, 2.45) is 0 Å². The molecule has 1 aromatic carbocycles. The van der Waals surface area contributed by atoms with Gasteiger partial charge < -0.3 is 14.8 Å². The fraction of sp³-hybridized carbons (Fsp3) is 0.500. The molecule has 1 saturated heterocycles. The lowest BCUT2D eigenvalue weighted by Crippen LogP contribution is -2.45. The Morgan fingerprint density at radius 2 is 2.37 bits per heavy atom. The smallest absolute Gasteiger partial charge is 0.252 e. The molecular weight excluding hydrogens is 357 g/mol. The van der Waals surface area contributed by atoms with Gasteiger partial charge in [-0.25, -0.2) is 0 Å². The summed E-state index contributed by atoms with van der Waals surface area (Å²) in [7, 11) is 1.66. The van der Waals surface area contributed by atoms with Crippen LogP contribution in [0.1, 0.15) is 22.3 Å². The van der Waals surface area contributed by atoms with Gasteiger partial charge in [0, 0.05) is 30.3 Å². The topological polar surface area (TPSA) is 47.6 Å². The molecule has 1 heterocycles. The Morgan fingerprint density at radius 3 is 3.00 bits per heavy atom. The van der Waals surface area contributed by atoms with Gasteiger partial charge in [-0.2, -0.15) is 0 Å². The maximum absolute atomic E-state index is 12.2. The standard InChI is InChI=1S/C14H18INO3/c1-10-4-3-5-11(12(10)15)13(17)16-8-14(18-2)6-7-19-9-14/h3-5H,6-9H2,1-2H3,(H,16,17). The highest BCUT2D eigenvalue weighted by atomic mass is 127. The monoisotopic (exact) mass is 375 g/mol. The molecular formula is C14H18INO3. The van der Waals surface area contributed by atoms with Crippen LogP contribution in [0.5, 0.6) is 0 Å². The summed E-state index contributed by atoms with van der Waals surface area (Å²) in [5, 5.41) is 2.95. The zero-order chi connectivity index (χ0) is 13.9. The highest BCUT2D eigenvalue weighted by molar-refractivity contribution is 14.1. The Bertz CT molecular complexity index is 470. The van der Waals surface area contributed by atoms with Crippen LogP contribution < -0.4 is 5.32 Å². The maximum atomic E-state index is 12.2. The van der Waals surface area contributed by atoms with E-state index in [2.05, 4.69) is 27.9 Å². The molecule has 104 valence electrons. The number of rotatable bonds is 4. The second-order valence-electron chi connectivity index (χ2n) is 4.81. The van der Waals surface area contributed by atoms with Crippen molar-refractivity contribution in [1.29, 1.82) is 0 Å². The molecule has 1 unspecified atom stereocenters. The largest absolute Gasteiger partial charge is 0.378 e. The van der Waals surface area contributed by atoms with Gasteiger partial charge in [0.25, 0.3) is 5.91 Å². The maximum Gasteiger partial charge on any atom is 0.252 e. The van der Waals surface area contributed by atoms with Crippen molar-refractivity contribution in [3.8, 4) is 0 Å². The van der Waals surface area contributed by atoms with Gasteiger partial charge in [-0.3, -0.25) is 4.79 Å². The van der Waals surface area contributed by atoms with Crippen molar-refractivity contribution in [2.45, 2.75) is 18.9 Å². The first-order chi connectivity index (χ1) is 9.08. The van der Waals surface area contributed by atoms with Crippen LogP contribution in [0.15, 0.2) is 18.2 Å². The molecule has 1 atom stereocenters. The van der Waals surface area contributed by atoms with Crippen molar-refractivity contribution in [3.63, 3.8) is 0 Å². The number of aryl methyl sites for hydroxylation is 1. The zero-order valence-electron chi connectivity index (χ0n) is 11.2. The molecule has 1 N–H and O–H groups in total. The molecule has 0 bridgehead atoms. The molecule has 0 saturated carbocycles. The third kappa shape index (κ3) is 3.27. The normalized spacial score (nSPS) is 22.5. The first kappa shape index (κ1) is 14.7. The number of carbonyl (C=O) groups excluding carboxylic acids is 1. The van der Waals surface area contributed by atoms with E-state index < -0.39 is 0 Å². The number of nitrogens with one attached hydrogen (secondary N) is 1.